The van der Waals surface area contributed by atoms with E-state index in [9.17, 15) is 4.79 Å². The molecule has 8 heteroatoms. The smallest absolute Gasteiger partial charge is 0.237 e. The number of anilines is 1. The molecule has 122 valence electrons. The van der Waals surface area contributed by atoms with E-state index in [2.05, 4.69) is 22.1 Å². The second-order valence-corrected chi connectivity index (χ2v) is 9.00. The molecule has 23 heavy (non-hydrogen) atoms. The van der Waals surface area contributed by atoms with Gasteiger partial charge >= 0.3 is 0 Å². The molecule has 4 nitrogen and oxygen atoms in total. The van der Waals surface area contributed by atoms with Crippen LogP contribution in [0.25, 0.3) is 0 Å². The minimum absolute atomic E-state index is 0.116. The van der Waals surface area contributed by atoms with Crippen LogP contribution in [0.4, 0.5) is 5.69 Å². The summed E-state index contributed by atoms with van der Waals surface area (Å²) in [4.78, 5) is 12.2. The van der Waals surface area contributed by atoms with Gasteiger partial charge in [0, 0.05) is 5.75 Å². The van der Waals surface area contributed by atoms with Gasteiger partial charge in [0.1, 0.15) is 0 Å². The number of para-hydroxylation sites is 1. The van der Waals surface area contributed by atoms with Gasteiger partial charge in [0.2, 0.25) is 5.91 Å². The van der Waals surface area contributed by atoms with Crippen LogP contribution in [0.2, 0.25) is 5.02 Å². The van der Waals surface area contributed by atoms with Crippen LogP contribution in [0.15, 0.2) is 45.1 Å². The Kier molecular flexibility index (Phi) is 6.95. The maximum atomic E-state index is 12.2. The van der Waals surface area contributed by atoms with E-state index in [1.807, 2.05) is 26.0 Å². The molecular formula is C15H16ClN3OS3. The molecule has 1 atom stereocenters. The third kappa shape index (κ3) is 5.84. The second kappa shape index (κ2) is 8.73. The molecule has 0 saturated carbocycles. The summed E-state index contributed by atoms with van der Waals surface area (Å²) in [5, 5.41) is 11.3. The molecule has 0 aliphatic rings. The van der Waals surface area contributed by atoms with Crippen LogP contribution in [0, 0.1) is 0 Å². The number of aromatic nitrogens is 2. The van der Waals surface area contributed by atoms with Crippen molar-refractivity contribution in [2.24, 2.45) is 0 Å². The van der Waals surface area contributed by atoms with Gasteiger partial charge in [-0.3, -0.25) is 4.79 Å². The maximum absolute atomic E-state index is 12.2. The predicted molar refractivity (Wildman–Crippen MR) is 101 cm³/mol. The molecule has 1 N–H and O–H groups in total. The summed E-state index contributed by atoms with van der Waals surface area (Å²) < 4.78 is 1.66. The van der Waals surface area contributed by atoms with Crippen molar-refractivity contribution in [3.63, 3.8) is 0 Å². The number of rotatable bonds is 7. The normalized spacial score (nSPS) is 12.0. The second-order valence-electron chi connectivity index (χ2n) is 4.81. The summed E-state index contributed by atoms with van der Waals surface area (Å²) in [6.07, 6.45) is 0. The van der Waals surface area contributed by atoms with E-state index in [-0.39, 0.29) is 11.2 Å². The Balaban J connectivity index is 1.91. The van der Waals surface area contributed by atoms with Crippen LogP contribution in [0.3, 0.4) is 0 Å². The zero-order valence-corrected chi connectivity index (χ0v) is 15.9. The summed E-state index contributed by atoms with van der Waals surface area (Å²) in [6, 6.07) is 7.16. The zero-order chi connectivity index (χ0) is 16.8. The standard InChI is InChI=1S/C15H16ClN3OS3/c1-9(2)8-21-14-18-19-15(23-14)22-10(3)13(20)17-12-7-5-4-6-11(12)16/h4-7,10H,1,8H2,2-3H3,(H,17,20)/t10-/m0/s1. The number of nitrogens with one attached hydrogen (secondary N) is 1. The van der Waals surface area contributed by atoms with E-state index in [0.717, 1.165) is 20.0 Å². The third-order valence-electron chi connectivity index (χ3n) is 2.61. The SMILES string of the molecule is C=C(C)CSc1nnc(S[C@@H](C)C(=O)Nc2ccccc2Cl)s1. The Bertz CT molecular complexity index is 705. The van der Waals surface area contributed by atoms with Crippen molar-refractivity contribution in [3.05, 3.63) is 41.4 Å². The lowest BCUT2D eigenvalue weighted by Crippen LogP contribution is -2.22. The van der Waals surface area contributed by atoms with Crippen LogP contribution < -0.4 is 5.32 Å². The Labute approximate surface area is 153 Å². The van der Waals surface area contributed by atoms with Crippen LogP contribution in [-0.2, 0) is 4.79 Å². The van der Waals surface area contributed by atoms with Crippen LogP contribution >= 0.6 is 46.5 Å². The third-order valence-corrected chi connectivity index (χ3v) is 6.41. The summed E-state index contributed by atoms with van der Waals surface area (Å²) >= 11 is 10.5. The molecule has 1 aromatic heterocycles. The van der Waals surface area contributed by atoms with Crippen molar-refractivity contribution in [1.82, 2.24) is 10.2 Å². The number of halogens is 1. The van der Waals surface area contributed by atoms with Crippen molar-refractivity contribution in [3.8, 4) is 0 Å². The average Bonchev–Trinajstić information content (AvgIpc) is 2.95. The lowest BCUT2D eigenvalue weighted by atomic mass is 10.3. The molecule has 2 aromatic rings. The molecular weight excluding hydrogens is 370 g/mol. The number of carbonyl (C=O) groups is 1. The highest BCUT2D eigenvalue weighted by molar-refractivity contribution is 8.04. The largest absolute Gasteiger partial charge is 0.324 e. The Morgan fingerprint density at radius 2 is 2.09 bits per heavy atom. The Morgan fingerprint density at radius 3 is 2.78 bits per heavy atom. The molecule has 0 spiro atoms. The highest BCUT2D eigenvalue weighted by Gasteiger charge is 2.18. The van der Waals surface area contributed by atoms with Crippen molar-refractivity contribution < 1.29 is 4.79 Å². The average molecular weight is 386 g/mol. The molecule has 0 fully saturated rings. The number of amides is 1. The molecule has 1 amide bonds. The van der Waals surface area contributed by atoms with Crippen molar-refractivity contribution in [2.75, 3.05) is 11.1 Å². The minimum Gasteiger partial charge on any atom is -0.324 e. The Hall–Kier alpha value is -1.02. The van der Waals surface area contributed by atoms with Crippen LogP contribution in [0.1, 0.15) is 13.8 Å². The highest BCUT2D eigenvalue weighted by atomic mass is 35.5. The predicted octanol–water partition coefficient (Wildman–Crippen LogP) is 4.98. The van der Waals surface area contributed by atoms with Gasteiger partial charge in [0.25, 0.3) is 0 Å². The summed E-state index contributed by atoms with van der Waals surface area (Å²) in [5.74, 6) is 0.705. The van der Waals surface area contributed by atoms with E-state index in [1.165, 1.54) is 23.1 Å². The summed E-state index contributed by atoms with van der Waals surface area (Å²) in [6.45, 7) is 7.67. The van der Waals surface area contributed by atoms with Crippen molar-refractivity contribution >= 4 is 58.1 Å². The highest BCUT2D eigenvalue weighted by Crippen LogP contribution is 2.32. The van der Waals surface area contributed by atoms with Gasteiger partial charge in [-0.2, -0.15) is 0 Å². The van der Waals surface area contributed by atoms with Crippen molar-refractivity contribution in [1.29, 1.82) is 0 Å². The van der Waals surface area contributed by atoms with E-state index < -0.39 is 0 Å². The van der Waals surface area contributed by atoms with E-state index in [0.29, 0.717) is 10.7 Å². The van der Waals surface area contributed by atoms with E-state index in [1.54, 1.807) is 23.9 Å². The van der Waals surface area contributed by atoms with Gasteiger partial charge in [0.05, 0.1) is 16.0 Å². The number of hydrogen-bond donors (Lipinski definition) is 1. The van der Waals surface area contributed by atoms with Gasteiger partial charge in [-0.15, -0.1) is 10.2 Å². The lowest BCUT2D eigenvalue weighted by molar-refractivity contribution is -0.115. The lowest BCUT2D eigenvalue weighted by Gasteiger charge is -2.11. The fourth-order valence-electron chi connectivity index (χ4n) is 1.49. The van der Waals surface area contributed by atoms with Gasteiger partial charge in [-0.05, 0) is 26.0 Å². The molecule has 0 saturated heterocycles. The zero-order valence-electron chi connectivity index (χ0n) is 12.7. The first-order chi connectivity index (χ1) is 11.0. The molecule has 2 rings (SSSR count). The first kappa shape index (κ1) is 18.3. The Morgan fingerprint density at radius 1 is 1.39 bits per heavy atom. The van der Waals surface area contributed by atoms with Gasteiger partial charge in [-0.1, -0.05) is 70.7 Å². The van der Waals surface area contributed by atoms with Gasteiger partial charge in [-0.25, -0.2) is 0 Å². The quantitative estimate of drug-likeness (QED) is 0.538. The molecule has 0 aliphatic heterocycles. The van der Waals surface area contributed by atoms with Gasteiger partial charge < -0.3 is 5.32 Å². The molecule has 0 aliphatic carbocycles. The van der Waals surface area contributed by atoms with E-state index in [4.69, 9.17) is 11.6 Å². The van der Waals surface area contributed by atoms with Crippen LogP contribution in [0.5, 0.6) is 0 Å². The van der Waals surface area contributed by atoms with Crippen LogP contribution in [-0.4, -0.2) is 27.1 Å². The molecule has 0 radical (unpaired) electrons. The molecule has 0 unspecified atom stereocenters. The summed E-state index contributed by atoms with van der Waals surface area (Å²) in [5.41, 5.74) is 1.70. The fraction of sp³-hybridized carbons (Fsp3) is 0.267. The summed E-state index contributed by atoms with van der Waals surface area (Å²) in [7, 11) is 0. The first-order valence-electron chi connectivity index (χ1n) is 6.78. The number of nitrogens with zero attached hydrogens (tertiary/aromatic N) is 2. The van der Waals surface area contributed by atoms with Gasteiger partial charge in [0.15, 0.2) is 8.68 Å². The topological polar surface area (TPSA) is 54.9 Å². The molecule has 1 heterocycles. The van der Waals surface area contributed by atoms with Crippen molar-refractivity contribution in [2.45, 2.75) is 27.8 Å². The fourth-order valence-corrected chi connectivity index (χ4v) is 4.68. The first-order valence-corrected chi connectivity index (χ1v) is 9.84. The number of benzene rings is 1. The monoisotopic (exact) mass is 385 g/mol. The molecule has 0 bridgehead atoms. The number of hydrogen-bond acceptors (Lipinski definition) is 6. The molecule has 1 aromatic carbocycles. The van der Waals surface area contributed by atoms with E-state index >= 15 is 0 Å². The maximum Gasteiger partial charge on any atom is 0.237 e. The number of carbonyl (C=O) groups excluding carboxylic acids is 1. The minimum atomic E-state index is -0.293. The number of thioether (sulfide) groups is 2.